The molecule has 0 aromatic carbocycles. The minimum absolute atomic E-state index is 0.000162. The van der Waals surface area contributed by atoms with Crippen molar-refractivity contribution in [3.8, 4) is 0 Å². The van der Waals surface area contributed by atoms with Crippen LogP contribution in [0.1, 0.15) is 52.9 Å². The van der Waals surface area contributed by atoms with Gasteiger partial charge in [-0.3, -0.25) is 4.90 Å². The van der Waals surface area contributed by atoms with Crippen molar-refractivity contribution in [1.29, 1.82) is 0 Å². The third-order valence-corrected chi connectivity index (χ3v) is 8.12. The Bertz CT molecular complexity index is 775. The summed E-state index contributed by atoms with van der Waals surface area (Å²) in [4.78, 5) is 14.6. The Morgan fingerprint density at radius 2 is 2.25 bits per heavy atom. The monoisotopic (exact) mass is 389 g/mol. The highest BCUT2D eigenvalue weighted by atomic mass is 16.6. The SMILES string of the molecule is CCCC[C@@]12[C@@H]3C[C@H]4[C@@H]([C@H](C)/C=C5/OC(=O)C(C)=C5OC)[C@@](O)(O3)[C@H]1CCN42. The molecule has 154 valence electrons. The normalized spacial score (nSPS) is 48.1. The largest absolute Gasteiger partial charge is 0.492 e. The van der Waals surface area contributed by atoms with Crippen LogP contribution < -0.4 is 0 Å². The number of methoxy groups -OCH3 is 1. The summed E-state index contributed by atoms with van der Waals surface area (Å²) >= 11 is 0. The van der Waals surface area contributed by atoms with Gasteiger partial charge in [-0.05, 0) is 44.7 Å². The minimum Gasteiger partial charge on any atom is -0.492 e. The summed E-state index contributed by atoms with van der Waals surface area (Å²) in [5.74, 6) is -0.329. The number of hydrogen-bond acceptors (Lipinski definition) is 6. The van der Waals surface area contributed by atoms with Gasteiger partial charge in [-0.25, -0.2) is 4.79 Å². The molecule has 0 saturated carbocycles. The Morgan fingerprint density at radius 3 is 2.96 bits per heavy atom. The summed E-state index contributed by atoms with van der Waals surface area (Å²) in [6.07, 6.45) is 7.56. The van der Waals surface area contributed by atoms with E-state index in [2.05, 4.69) is 18.7 Å². The predicted molar refractivity (Wildman–Crippen MR) is 102 cm³/mol. The fourth-order valence-corrected chi connectivity index (χ4v) is 7.19. The van der Waals surface area contributed by atoms with Crippen LogP contribution in [0.2, 0.25) is 0 Å². The molecular formula is C22H31NO5. The van der Waals surface area contributed by atoms with Gasteiger partial charge in [-0.1, -0.05) is 26.7 Å². The predicted octanol–water partition coefficient (Wildman–Crippen LogP) is 2.72. The molecule has 6 nitrogen and oxygen atoms in total. The van der Waals surface area contributed by atoms with Gasteiger partial charge in [0.2, 0.25) is 0 Å². The van der Waals surface area contributed by atoms with Crippen molar-refractivity contribution in [2.24, 2.45) is 17.8 Å². The summed E-state index contributed by atoms with van der Waals surface area (Å²) in [5.41, 5.74) is 0.527. The number of nitrogens with zero attached hydrogens (tertiary/aromatic N) is 1. The Morgan fingerprint density at radius 1 is 1.46 bits per heavy atom. The zero-order valence-electron chi connectivity index (χ0n) is 17.2. The highest BCUT2D eigenvalue weighted by Gasteiger charge is 2.80. The molecule has 1 N–H and O–H groups in total. The number of cyclic esters (lactones) is 1. The van der Waals surface area contributed by atoms with E-state index in [4.69, 9.17) is 14.2 Å². The van der Waals surface area contributed by atoms with Gasteiger partial charge in [0.25, 0.3) is 0 Å². The van der Waals surface area contributed by atoms with Gasteiger partial charge in [-0.15, -0.1) is 0 Å². The quantitative estimate of drug-likeness (QED) is 0.705. The summed E-state index contributed by atoms with van der Waals surface area (Å²) in [6.45, 7) is 7.09. The lowest BCUT2D eigenvalue weighted by Crippen LogP contribution is -2.63. The van der Waals surface area contributed by atoms with E-state index in [1.807, 2.05) is 6.08 Å². The van der Waals surface area contributed by atoms with Crippen LogP contribution in [0.5, 0.6) is 0 Å². The van der Waals surface area contributed by atoms with Crippen molar-refractivity contribution in [2.75, 3.05) is 13.7 Å². The first-order chi connectivity index (χ1) is 13.4. The van der Waals surface area contributed by atoms with Crippen molar-refractivity contribution < 1.29 is 24.1 Å². The summed E-state index contributed by atoms with van der Waals surface area (Å²) in [6, 6.07) is 0.319. The molecule has 0 spiro atoms. The van der Waals surface area contributed by atoms with E-state index in [-0.39, 0.29) is 35.4 Å². The van der Waals surface area contributed by atoms with E-state index >= 15 is 0 Å². The van der Waals surface area contributed by atoms with Gasteiger partial charge >= 0.3 is 5.97 Å². The zero-order chi connectivity index (χ0) is 19.8. The van der Waals surface area contributed by atoms with Crippen molar-refractivity contribution in [3.05, 3.63) is 23.2 Å². The summed E-state index contributed by atoms with van der Waals surface area (Å²) in [7, 11) is 1.55. The Hall–Kier alpha value is -1.37. The van der Waals surface area contributed by atoms with E-state index < -0.39 is 5.79 Å². The third kappa shape index (κ3) is 2.06. The average Bonchev–Trinajstić information content (AvgIpc) is 3.27. The van der Waals surface area contributed by atoms with Gasteiger partial charge < -0.3 is 19.3 Å². The van der Waals surface area contributed by atoms with Crippen LogP contribution in [0, 0.1) is 17.8 Å². The number of allylic oxidation sites excluding steroid dienone is 1. The lowest BCUT2D eigenvalue weighted by molar-refractivity contribution is -0.280. The summed E-state index contributed by atoms with van der Waals surface area (Å²) < 4.78 is 17.2. The van der Waals surface area contributed by atoms with Crippen LogP contribution in [0.25, 0.3) is 0 Å². The Labute approximate surface area is 166 Å². The molecule has 1 unspecified atom stereocenters. The van der Waals surface area contributed by atoms with Crippen molar-refractivity contribution >= 4 is 5.97 Å². The van der Waals surface area contributed by atoms with Crippen molar-refractivity contribution in [2.45, 2.75) is 76.3 Å². The first-order valence-corrected chi connectivity index (χ1v) is 10.7. The topological polar surface area (TPSA) is 68.2 Å². The number of carbonyl (C=O) groups excluding carboxylic acids is 1. The van der Waals surface area contributed by atoms with Crippen LogP contribution in [0.15, 0.2) is 23.2 Å². The lowest BCUT2D eigenvalue weighted by Gasteiger charge is -2.51. The van der Waals surface area contributed by atoms with E-state index in [1.54, 1.807) is 14.0 Å². The number of piperidine rings is 1. The van der Waals surface area contributed by atoms with Crippen LogP contribution in [-0.4, -0.2) is 53.1 Å². The number of rotatable bonds is 6. The van der Waals surface area contributed by atoms with Gasteiger partial charge in [0, 0.05) is 17.9 Å². The maximum Gasteiger partial charge on any atom is 0.343 e. The lowest BCUT2D eigenvalue weighted by atomic mass is 9.68. The number of carbonyl (C=O) groups is 1. The fraction of sp³-hybridized carbons (Fsp3) is 0.773. The first-order valence-electron chi connectivity index (χ1n) is 10.7. The first kappa shape index (κ1) is 18.6. The van der Waals surface area contributed by atoms with Gasteiger partial charge in [0.15, 0.2) is 17.3 Å². The van der Waals surface area contributed by atoms with Gasteiger partial charge in [0.1, 0.15) is 0 Å². The van der Waals surface area contributed by atoms with E-state index in [0.29, 0.717) is 23.1 Å². The maximum absolute atomic E-state index is 11.9. The second-order valence-corrected chi connectivity index (χ2v) is 9.25. The Balaban J connectivity index is 1.48. The van der Waals surface area contributed by atoms with E-state index in [1.165, 1.54) is 12.8 Å². The number of unbranched alkanes of at least 4 members (excludes halogenated alkanes) is 1. The van der Waals surface area contributed by atoms with E-state index in [0.717, 1.165) is 25.8 Å². The van der Waals surface area contributed by atoms with Crippen LogP contribution in [0.3, 0.4) is 0 Å². The highest BCUT2D eigenvalue weighted by molar-refractivity contribution is 5.93. The molecule has 5 rings (SSSR count). The van der Waals surface area contributed by atoms with Crippen molar-refractivity contribution in [1.82, 2.24) is 4.90 Å². The third-order valence-electron chi connectivity index (χ3n) is 8.12. The fourth-order valence-electron chi connectivity index (χ4n) is 7.19. The molecule has 28 heavy (non-hydrogen) atoms. The molecule has 4 fully saturated rings. The second kappa shape index (κ2) is 6.07. The molecule has 5 aliphatic rings. The molecule has 4 saturated heterocycles. The minimum atomic E-state index is -1.08. The molecule has 8 atom stereocenters. The number of esters is 1. The van der Waals surface area contributed by atoms with Gasteiger partial charge in [0.05, 0.1) is 24.3 Å². The molecule has 6 heteroatoms. The van der Waals surface area contributed by atoms with Gasteiger partial charge in [-0.2, -0.15) is 0 Å². The van der Waals surface area contributed by atoms with Crippen LogP contribution in [-0.2, 0) is 19.0 Å². The molecule has 5 bridgehead atoms. The molecule has 0 aliphatic carbocycles. The maximum atomic E-state index is 11.9. The number of hydrogen-bond donors (Lipinski definition) is 1. The molecular weight excluding hydrogens is 358 g/mol. The van der Waals surface area contributed by atoms with Crippen LogP contribution >= 0.6 is 0 Å². The van der Waals surface area contributed by atoms with Crippen LogP contribution in [0.4, 0.5) is 0 Å². The molecule has 0 aromatic heterocycles. The van der Waals surface area contributed by atoms with Crippen molar-refractivity contribution in [3.63, 3.8) is 0 Å². The molecule has 0 radical (unpaired) electrons. The highest BCUT2D eigenvalue weighted by Crippen LogP contribution is 2.68. The molecule has 0 amide bonds. The van der Waals surface area contributed by atoms with E-state index in [9.17, 15) is 9.90 Å². The molecule has 5 aliphatic heterocycles. The number of ether oxygens (including phenoxy) is 3. The summed E-state index contributed by atoms with van der Waals surface area (Å²) in [5, 5.41) is 11.8. The molecule has 0 aromatic rings. The number of aliphatic hydroxyl groups is 1. The smallest absolute Gasteiger partial charge is 0.343 e. The second-order valence-electron chi connectivity index (χ2n) is 9.25. The molecule has 5 heterocycles. The average molecular weight is 389 g/mol. The standard InChI is InChI=1S/C22H31NO5/c1-5-6-8-21-16-7-9-23(21)14-11-17(21)28-22(16,25)18(14)12(2)10-15-19(26-4)13(3)20(24)27-15/h10,12,14,16-18,25H,5-9,11H2,1-4H3/b15-10+/t12-,14+,16+,17+,18-,21+,22+/m1/s1. The zero-order valence-corrected chi connectivity index (χ0v) is 17.2. The Kier molecular flexibility index (Phi) is 4.04.